The second-order valence-electron chi connectivity index (χ2n) is 3.14. The monoisotopic (exact) mass is 193 g/mol. The first-order valence-corrected chi connectivity index (χ1v) is 4.62. The number of methoxy groups -OCH3 is 1. The first-order valence-electron chi connectivity index (χ1n) is 4.62. The van der Waals surface area contributed by atoms with E-state index < -0.39 is 0 Å². The second kappa shape index (κ2) is 4.65. The average molecular weight is 193 g/mol. The lowest BCUT2D eigenvalue weighted by Gasteiger charge is -2.11. The van der Waals surface area contributed by atoms with E-state index in [4.69, 9.17) is 10.5 Å². The molecule has 0 aliphatic heterocycles. The van der Waals surface area contributed by atoms with E-state index in [1.54, 1.807) is 7.11 Å². The molecule has 0 bridgehead atoms. The van der Waals surface area contributed by atoms with Crippen molar-refractivity contribution < 1.29 is 9.53 Å². The van der Waals surface area contributed by atoms with Crippen molar-refractivity contribution in [3.8, 4) is 5.75 Å². The Hall–Kier alpha value is -1.51. The third-order valence-electron chi connectivity index (χ3n) is 2.27. The lowest BCUT2D eigenvalue weighted by Crippen LogP contribution is -2.20. The molecule has 0 aliphatic carbocycles. The highest BCUT2D eigenvalue weighted by Gasteiger charge is 2.14. The molecule has 0 heterocycles. The molecule has 0 aliphatic rings. The minimum atomic E-state index is -0.280. The summed E-state index contributed by atoms with van der Waals surface area (Å²) in [6.45, 7) is 1.94. The normalized spacial score (nSPS) is 12.1. The van der Waals surface area contributed by atoms with Gasteiger partial charge in [-0.15, -0.1) is 0 Å². The van der Waals surface area contributed by atoms with Crippen molar-refractivity contribution in [1.82, 2.24) is 0 Å². The summed E-state index contributed by atoms with van der Waals surface area (Å²) in [5, 5.41) is 0. The van der Waals surface area contributed by atoms with Crippen molar-refractivity contribution in [1.29, 1.82) is 0 Å². The Morgan fingerprint density at radius 3 is 2.36 bits per heavy atom. The molecule has 3 heteroatoms. The number of primary amides is 1. The van der Waals surface area contributed by atoms with Crippen LogP contribution in [0.15, 0.2) is 24.3 Å². The summed E-state index contributed by atoms with van der Waals surface area (Å²) in [6.07, 6.45) is 0.724. The van der Waals surface area contributed by atoms with Crippen LogP contribution in [0, 0.1) is 0 Å². The van der Waals surface area contributed by atoms with E-state index in [0.29, 0.717) is 0 Å². The summed E-state index contributed by atoms with van der Waals surface area (Å²) in [6, 6.07) is 7.41. The Labute approximate surface area is 83.9 Å². The van der Waals surface area contributed by atoms with Gasteiger partial charge in [0.25, 0.3) is 0 Å². The maximum absolute atomic E-state index is 11.1. The summed E-state index contributed by atoms with van der Waals surface area (Å²) >= 11 is 0. The van der Waals surface area contributed by atoms with Crippen molar-refractivity contribution >= 4 is 5.91 Å². The number of carbonyl (C=O) groups excluding carboxylic acids is 1. The molecule has 1 amide bonds. The van der Waals surface area contributed by atoms with Gasteiger partial charge in [-0.05, 0) is 24.1 Å². The van der Waals surface area contributed by atoms with Gasteiger partial charge in [0.1, 0.15) is 5.75 Å². The van der Waals surface area contributed by atoms with Crippen LogP contribution in [0.4, 0.5) is 0 Å². The van der Waals surface area contributed by atoms with E-state index in [2.05, 4.69) is 0 Å². The van der Waals surface area contributed by atoms with E-state index in [0.717, 1.165) is 17.7 Å². The minimum Gasteiger partial charge on any atom is -0.497 e. The second-order valence-corrected chi connectivity index (χ2v) is 3.14. The van der Waals surface area contributed by atoms with E-state index in [-0.39, 0.29) is 11.8 Å². The molecule has 1 aromatic carbocycles. The molecule has 0 radical (unpaired) electrons. The summed E-state index contributed by atoms with van der Waals surface area (Å²) in [5.41, 5.74) is 6.22. The number of hydrogen-bond donors (Lipinski definition) is 1. The largest absolute Gasteiger partial charge is 0.497 e. The van der Waals surface area contributed by atoms with Crippen LogP contribution in [0.2, 0.25) is 0 Å². The van der Waals surface area contributed by atoms with Crippen molar-refractivity contribution in [3.05, 3.63) is 29.8 Å². The SMILES string of the molecule is CCC(C(N)=O)c1ccc(OC)cc1. The summed E-state index contributed by atoms with van der Waals surface area (Å²) in [5.74, 6) is 0.312. The minimum absolute atomic E-state index is 0.194. The zero-order chi connectivity index (χ0) is 10.6. The van der Waals surface area contributed by atoms with Crippen LogP contribution in [-0.4, -0.2) is 13.0 Å². The van der Waals surface area contributed by atoms with E-state index >= 15 is 0 Å². The van der Waals surface area contributed by atoms with Gasteiger partial charge in [-0.1, -0.05) is 19.1 Å². The first kappa shape index (κ1) is 10.6. The highest BCUT2D eigenvalue weighted by Crippen LogP contribution is 2.21. The van der Waals surface area contributed by atoms with Crippen LogP contribution < -0.4 is 10.5 Å². The van der Waals surface area contributed by atoms with E-state index in [1.165, 1.54) is 0 Å². The predicted molar refractivity (Wildman–Crippen MR) is 55.2 cm³/mol. The highest BCUT2D eigenvalue weighted by atomic mass is 16.5. The molecule has 2 N–H and O–H groups in total. The molecular weight excluding hydrogens is 178 g/mol. The van der Waals surface area contributed by atoms with Gasteiger partial charge >= 0.3 is 0 Å². The quantitative estimate of drug-likeness (QED) is 0.790. The van der Waals surface area contributed by atoms with Crippen LogP contribution in [-0.2, 0) is 4.79 Å². The molecule has 76 valence electrons. The molecule has 1 rings (SSSR count). The summed E-state index contributed by atoms with van der Waals surface area (Å²) < 4.78 is 5.03. The van der Waals surface area contributed by atoms with Gasteiger partial charge < -0.3 is 10.5 Å². The fourth-order valence-electron chi connectivity index (χ4n) is 1.44. The maximum Gasteiger partial charge on any atom is 0.224 e. The Kier molecular flexibility index (Phi) is 3.51. The fraction of sp³-hybridized carbons (Fsp3) is 0.364. The third kappa shape index (κ3) is 2.25. The Morgan fingerprint density at radius 2 is 2.00 bits per heavy atom. The topological polar surface area (TPSA) is 52.3 Å². The van der Waals surface area contributed by atoms with Crippen LogP contribution in [0.25, 0.3) is 0 Å². The molecular formula is C11H15NO2. The average Bonchev–Trinajstić information content (AvgIpc) is 2.19. The highest BCUT2D eigenvalue weighted by molar-refractivity contribution is 5.81. The fourth-order valence-corrected chi connectivity index (χ4v) is 1.44. The molecule has 0 aromatic heterocycles. The lowest BCUT2D eigenvalue weighted by atomic mass is 9.96. The Bertz CT molecular complexity index is 306. The summed E-state index contributed by atoms with van der Waals surface area (Å²) in [4.78, 5) is 11.1. The maximum atomic E-state index is 11.1. The van der Waals surface area contributed by atoms with Crippen LogP contribution >= 0.6 is 0 Å². The zero-order valence-corrected chi connectivity index (χ0v) is 8.49. The first-order chi connectivity index (χ1) is 6.69. The Morgan fingerprint density at radius 1 is 1.43 bits per heavy atom. The lowest BCUT2D eigenvalue weighted by molar-refractivity contribution is -0.119. The van der Waals surface area contributed by atoms with Gasteiger partial charge in [0.15, 0.2) is 0 Å². The molecule has 14 heavy (non-hydrogen) atoms. The standard InChI is InChI=1S/C11H15NO2/c1-3-10(11(12)13)8-4-6-9(14-2)7-5-8/h4-7,10H,3H2,1-2H3,(H2,12,13). The number of rotatable bonds is 4. The van der Waals surface area contributed by atoms with Crippen molar-refractivity contribution in [2.45, 2.75) is 19.3 Å². The number of benzene rings is 1. The molecule has 1 aromatic rings. The van der Waals surface area contributed by atoms with Gasteiger partial charge in [0.2, 0.25) is 5.91 Å². The van der Waals surface area contributed by atoms with Gasteiger partial charge in [0, 0.05) is 0 Å². The van der Waals surface area contributed by atoms with Crippen molar-refractivity contribution in [2.75, 3.05) is 7.11 Å². The van der Waals surface area contributed by atoms with Gasteiger partial charge in [0.05, 0.1) is 13.0 Å². The van der Waals surface area contributed by atoms with Gasteiger partial charge in [-0.25, -0.2) is 0 Å². The third-order valence-corrected chi connectivity index (χ3v) is 2.27. The predicted octanol–water partition coefficient (Wildman–Crippen LogP) is 1.67. The number of amides is 1. The van der Waals surface area contributed by atoms with Gasteiger partial charge in [-0.3, -0.25) is 4.79 Å². The van der Waals surface area contributed by atoms with Crippen molar-refractivity contribution in [3.63, 3.8) is 0 Å². The van der Waals surface area contributed by atoms with Crippen LogP contribution in [0.5, 0.6) is 5.75 Å². The molecule has 0 saturated heterocycles. The number of nitrogens with two attached hydrogens (primary N) is 1. The molecule has 3 nitrogen and oxygen atoms in total. The molecule has 0 fully saturated rings. The molecule has 1 unspecified atom stereocenters. The zero-order valence-electron chi connectivity index (χ0n) is 8.49. The number of hydrogen-bond acceptors (Lipinski definition) is 2. The van der Waals surface area contributed by atoms with E-state index in [9.17, 15) is 4.79 Å². The number of carbonyl (C=O) groups is 1. The molecule has 1 atom stereocenters. The number of ether oxygens (including phenoxy) is 1. The molecule has 0 spiro atoms. The summed E-state index contributed by atoms with van der Waals surface area (Å²) in [7, 11) is 1.61. The molecule has 0 saturated carbocycles. The Balaban J connectivity index is 2.89. The van der Waals surface area contributed by atoms with E-state index in [1.807, 2.05) is 31.2 Å². The van der Waals surface area contributed by atoms with Crippen molar-refractivity contribution in [2.24, 2.45) is 5.73 Å². The van der Waals surface area contributed by atoms with Crippen LogP contribution in [0.1, 0.15) is 24.8 Å². The smallest absolute Gasteiger partial charge is 0.224 e. The van der Waals surface area contributed by atoms with Crippen LogP contribution in [0.3, 0.4) is 0 Å². The van der Waals surface area contributed by atoms with Gasteiger partial charge in [-0.2, -0.15) is 0 Å².